The molecule has 0 rings (SSSR count). The first-order valence-corrected chi connectivity index (χ1v) is 3.25. The molecule has 0 aliphatic heterocycles. The van der Waals surface area contributed by atoms with Crippen molar-refractivity contribution in [2.45, 2.75) is 0 Å². The lowest BCUT2D eigenvalue weighted by atomic mass is 10.3. The molecule has 6 heteroatoms. The number of hydrogen-bond acceptors (Lipinski definition) is 4. The smallest absolute Gasteiger partial charge is 0.402 e. The van der Waals surface area contributed by atoms with Crippen LogP contribution in [0, 0.1) is 0 Å². The van der Waals surface area contributed by atoms with Crippen molar-refractivity contribution in [1.82, 2.24) is 0 Å². The predicted molar refractivity (Wildman–Crippen MR) is 42.4 cm³/mol. The molecule has 68 valence electrons. The van der Waals surface area contributed by atoms with Gasteiger partial charge in [-0.2, -0.15) is 0 Å². The minimum absolute atomic E-state index is 0.281. The van der Waals surface area contributed by atoms with Crippen LogP contribution in [-0.4, -0.2) is 66.3 Å². The van der Waals surface area contributed by atoms with Gasteiger partial charge in [0.2, 0.25) is 0 Å². The van der Waals surface area contributed by atoms with Crippen LogP contribution in [0.15, 0.2) is 0 Å². The zero-order valence-corrected chi connectivity index (χ0v) is 7.23. The maximum absolute atomic E-state index is 8.39. The molecule has 0 spiro atoms. The van der Waals surface area contributed by atoms with E-state index in [0.717, 1.165) is 11.0 Å². The van der Waals surface area contributed by atoms with Gasteiger partial charge in [0.05, 0.1) is 27.7 Å². The summed E-state index contributed by atoms with van der Waals surface area (Å²) in [6, 6.07) is 0. The van der Waals surface area contributed by atoms with Crippen LogP contribution in [-0.2, 0) is 0 Å². The Kier molecular flexibility index (Phi) is 8.03. The van der Waals surface area contributed by atoms with Gasteiger partial charge in [0, 0.05) is 0 Å². The first kappa shape index (κ1) is 13.5. The Morgan fingerprint density at radius 2 is 1.36 bits per heavy atom. The van der Waals surface area contributed by atoms with E-state index in [4.69, 9.17) is 20.2 Å². The average molecular weight is 166 g/mol. The van der Waals surface area contributed by atoms with Crippen LogP contribution in [0.25, 0.3) is 0 Å². The molecule has 0 aromatic rings. The second-order valence-electron chi connectivity index (χ2n) is 3.08. The zero-order valence-electron chi connectivity index (χ0n) is 7.23. The largest absolute Gasteiger partial charge is 0.631 e. The van der Waals surface area contributed by atoms with Gasteiger partial charge in [0.1, 0.15) is 6.54 Å². The summed E-state index contributed by atoms with van der Waals surface area (Å²) in [6.45, 7) is 1.11. The second-order valence-corrected chi connectivity index (χ2v) is 3.08. The van der Waals surface area contributed by atoms with E-state index in [1.165, 1.54) is 0 Å². The van der Waals surface area contributed by atoms with Gasteiger partial charge in [0.25, 0.3) is 0 Å². The van der Waals surface area contributed by atoms with E-state index >= 15 is 0 Å². The maximum Gasteiger partial charge on any atom is 0.631 e. The van der Waals surface area contributed by atoms with Gasteiger partial charge in [-0.25, -0.2) is 0 Å². The molecule has 0 amide bonds. The number of hydrogen-bond donors (Lipinski definition) is 4. The summed E-state index contributed by atoms with van der Waals surface area (Å²) < 4.78 is 0.844. The van der Waals surface area contributed by atoms with E-state index in [9.17, 15) is 0 Å². The minimum Gasteiger partial charge on any atom is -0.402 e. The SMILES string of the molecule is C[N+](C)(C)CCO.OB(O)O. The molecule has 5 nitrogen and oxygen atoms in total. The summed E-state index contributed by atoms with van der Waals surface area (Å²) in [4.78, 5) is 0. The molecule has 0 fully saturated rings. The van der Waals surface area contributed by atoms with Crippen LogP contribution in [0.4, 0.5) is 0 Å². The molecule has 0 aromatic carbocycles. The van der Waals surface area contributed by atoms with Crippen molar-refractivity contribution in [3.8, 4) is 0 Å². The number of likely N-dealkylation sites (N-methyl/N-ethyl adjacent to an activating group) is 1. The Bertz CT molecular complexity index is 80.3. The Morgan fingerprint density at radius 1 is 1.09 bits per heavy atom. The number of aliphatic hydroxyl groups excluding tert-OH is 1. The van der Waals surface area contributed by atoms with Gasteiger partial charge >= 0.3 is 7.32 Å². The van der Waals surface area contributed by atoms with Gasteiger partial charge < -0.3 is 24.7 Å². The van der Waals surface area contributed by atoms with Gasteiger partial charge in [-0.05, 0) is 0 Å². The van der Waals surface area contributed by atoms with E-state index < -0.39 is 7.32 Å². The molecule has 0 atom stereocenters. The second kappa shape index (κ2) is 6.57. The molecule has 0 aromatic heterocycles. The standard InChI is InChI=1S/C5H14NO.BH3O3/c1-6(2,3)4-5-7;2-1(3)4/h7H,4-5H2,1-3H3;2-4H/q+1;. The summed E-state index contributed by atoms with van der Waals surface area (Å²) in [6.07, 6.45) is 0. The van der Waals surface area contributed by atoms with Crippen molar-refractivity contribution in [1.29, 1.82) is 0 Å². The van der Waals surface area contributed by atoms with Crippen LogP contribution in [0.2, 0.25) is 0 Å². The summed E-state index contributed by atoms with van der Waals surface area (Å²) in [7, 11) is 3.99. The topological polar surface area (TPSA) is 80.9 Å². The number of quaternary nitrogens is 1. The van der Waals surface area contributed by atoms with Gasteiger partial charge in [-0.1, -0.05) is 0 Å². The normalized spacial score (nSPS) is 10.1. The molecule has 0 saturated carbocycles. The van der Waals surface area contributed by atoms with Crippen LogP contribution in [0.1, 0.15) is 0 Å². The number of nitrogens with zero attached hydrogens (tertiary/aromatic N) is 1. The van der Waals surface area contributed by atoms with Crippen LogP contribution in [0.3, 0.4) is 0 Å². The Labute approximate surface area is 67.3 Å². The molecule has 0 bridgehead atoms. The Hall–Kier alpha value is -0.135. The molecule has 0 aliphatic carbocycles. The molecule has 0 heterocycles. The lowest BCUT2D eigenvalue weighted by Gasteiger charge is -2.21. The van der Waals surface area contributed by atoms with Crippen molar-refractivity contribution in [2.24, 2.45) is 0 Å². The number of rotatable bonds is 2. The summed E-state index contributed by atoms with van der Waals surface area (Å²) >= 11 is 0. The average Bonchev–Trinajstić information content (AvgIpc) is 1.58. The van der Waals surface area contributed by atoms with Crippen molar-refractivity contribution < 1.29 is 24.7 Å². The fourth-order valence-electron chi connectivity index (χ4n) is 0.300. The van der Waals surface area contributed by atoms with E-state index in [-0.39, 0.29) is 6.61 Å². The fourth-order valence-corrected chi connectivity index (χ4v) is 0.300. The quantitative estimate of drug-likeness (QED) is 0.273. The van der Waals surface area contributed by atoms with Crippen LogP contribution < -0.4 is 0 Å². The number of aliphatic hydroxyl groups is 1. The van der Waals surface area contributed by atoms with Crippen molar-refractivity contribution in [3.05, 3.63) is 0 Å². The minimum atomic E-state index is -2.17. The van der Waals surface area contributed by atoms with Crippen molar-refractivity contribution in [3.63, 3.8) is 0 Å². The van der Waals surface area contributed by atoms with Crippen LogP contribution in [0.5, 0.6) is 0 Å². The molecule has 11 heavy (non-hydrogen) atoms. The lowest BCUT2D eigenvalue weighted by molar-refractivity contribution is -0.870. The zero-order chi connectivity index (χ0) is 9.49. The summed E-state index contributed by atoms with van der Waals surface area (Å²) in [5.74, 6) is 0. The monoisotopic (exact) mass is 166 g/mol. The third kappa shape index (κ3) is 40.9. The first-order chi connectivity index (χ1) is 4.79. The van der Waals surface area contributed by atoms with Gasteiger partial charge in [0.15, 0.2) is 0 Å². The van der Waals surface area contributed by atoms with Crippen molar-refractivity contribution in [2.75, 3.05) is 34.3 Å². The summed E-state index contributed by atoms with van der Waals surface area (Å²) in [5.41, 5.74) is 0. The van der Waals surface area contributed by atoms with Crippen molar-refractivity contribution >= 4 is 7.32 Å². The van der Waals surface area contributed by atoms with E-state index in [1.807, 2.05) is 0 Å². The lowest BCUT2D eigenvalue weighted by Crippen LogP contribution is -2.36. The third-order valence-electron chi connectivity index (χ3n) is 0.771. The predicted octanol–water partition coefficient (Wildman–Crippen LogP) is -2.37. The molecular formula is C5H17BNO4+. The highest BCUT2D eigenvalue weighted by Gasteiger charge is 2.02. The summed E-state index contributed by atoms with van der Waals surface area (Å²) in [5, 5.41) is 29.9. The molecular weight excluding hydrogens is 149 g/mol. The highest BCUT2D eigenvalue weighted by atomic mass is 16.5. The van der Waals surface area contributed by atoms with Crippen LogP contribution >= 0.6 is 0 Å². The first-order valence-electron chi connectivity index (χ1n) is 3.25. The van der Waals surface area contributed by atoms with E-state index in [1.54, 1.807) is 0 Å². The highest BCUT2D eigenvalue weighted by molar-refractivity contribution is 6.30. The van der Waals surface area contributed by atoms with E-state index in [0.29, 0.717) is 0 Å². The molecule has 0 unspecified atom stereocenters. The Morgan fingerprint density at radius 3 is 1.36 bits per heavy atom. The van der Waals surface area contributed by atoms with Gasteiger partial charge in [-0.15, -0.1) is 0 Å². The Balaban J connectivity index is 0. The maximum atomic E-state index is 8.39. The molecule has 0 saturated heterocycles. The molecule has 4 N–H and O–H groups in total. The van der Waals surface area contributed by atoms with E-state index in [2.05, 4.69) is 21.1 Å². The third-order valence-corrected chi connectivity index (χ3v) is 0.771. The fraction of sp³-hybridized carbons (Fsp3) is 1.00. The highest BCUT2D eigenvalue weighted by Crippen LogP contribution is 1.84. The molecule has 0 aliphatic rings. The van der Waals surface area contributed by atoms with Gasteiger partial charge in [-0.3, -0.25) is 0 Å². The molecule has 0 radical (unpaired) electrons.